The molecule has 1 aliphatic carbocycles. The predicted octanol–water partition coefficient (Wildman–Crippen LogP) is 1.21. The summed E-state index contributed by atoms with van der Waals surface area (Å²) in [5, 5.41) is 6.39. The quantitative estimate of drug-likeness (QED) is 0.449. The average Bonchev–Trinajstić information content (AvgIpc) is 3.33. The SMILES string of the molecule is CCOc1ccc(/C=N\NC(=O)C(=O)NC2CC2)c(OCC)c1. The van der Waals surface area contributed by atoms with Crippen molar-refractivity contribution in [1.82, 2.24) is 10.7 Å². The summed E-state index contributed by atoms with van der Waals surface area (Å²) < 4.78 is 10.9. The van der Waals surface area contributed by atoms with Gasteiger partial charge in [-0.2, -0.15) is 5.10 Å². The van der Waals surface area contributed by atoms with Gasteiger partial charge in [-0.1, -0.05) is 0 Å². The van der Waals surface area contributed by atoms with Gasteiger partial charge in [0.15, 0.2) is 0 Å². The lowest BCUT2D eigenvalue weighted by molar-refractivity contribution is -0.139. The summed E-state index contributed by atoms with van der Waals surface area (Å²) in [6.07, 6.45) is 3.28. The lowest BCUT2D eigenvalue weighted by atomic mass is 10.2. The van der Waals surface area contributed by atoms with Crippen molar-refractivity contribution in [2.24, 2.45) is 5.10 Å². The van der Waals surface area contributed by atoms with Crippen molar-refractivity contribution in [3.05, 3.63) is 23.8 Å². The first-order valence-electron chi connectivity index (χ1n) is 7.67. The second-order valence-electron chi connectivity index (χ2n) is 5.01. The number of carbonyl (C=O) groups is 2. The topological polar surface area (TPSA) is 89.0 Å². The van der Waals surface area contributed by atoms with E-state index in [4.69, 9.17) is 9.47 Å². The number of carbonyl (C=O) groups excluding carboxylic acids is 2. The number of benzene rings is 1. The highest BCUT2D eigenvalue weighted by Crippen LogP contribution is 2.24. The van der Waals surface area contributed by atoms with E-state index in [1.807, 2.05) is 13.8 Å². The average molecular weight is 319 g/mol. The van der Waals surface area contributed by atoms with Gasteiger partial charge in [0, 0.05) is 17.7 Å². The molecule has 2 rings (SSSR count). The molecule has 0 saturated heterocycles. The normalized spacial score (nSPS) is 13.7. The van der Waals surface area contributed by atoms with Crippen molar-refractivity contribution in [3.8, 4) is 11.5 Å². The van der Waals surface area contributed by atoms with Gasteiger partial charge in [-0.05, 0) is 38.8 Å². The maximum absolute atomic E-state index is 11.6. The van der Waals surface area contributed by atoms with E-state index in [0.717, 1.165) is 12.8 Å². The van der Waals surface area contributed by atoms with Crippen molar-refractivity contribution in [1.29, 1.82) is 0 Å². The summed E-state index contributed by atoms with van der Waals surface area (Å²) in [6.45, 7) is 4.83. The fourth-order valence-corrected chi connectivity index (χ4v) is 1.85. The van der Waals surface area contributed by atoms with Crippen LogP contribution in [-0.4, -0.2) is 37.3 Å². The summed E-state index contributed by atoms with van der Waals surface area (Å²) >= 11 is 0. The third kappa shape index (κ3) is 5.28. The standard InChI is InChI=1S/C16H21N3O4/c1-3-22-13-8-5-11(14(9-13)23-4-2)10-17-19-16(21)15(20)18-12-6-7-12/h5,8-10,12H,3-4,6-7H2,1-2H3,(H,18,20)(H,19,21)/b17-10-. The number of hydrogen-bond donors (Lipinski definition) is 2. The Morgan fingerprint density at radius 3 is 2.61 bits per heavy atom. The van der Waals surface area contributed by atoms with Crippen LogP contribution in [0.15, 0.2) is 23.3 Å². The van der Waals surface area contributed by atoms with E-state index in [0.29, 0.717) is 30.3 Å². The Labute approximate surface area is 135 Å². The first-order valence-corrected chi connectivity index (χ1v) is 7.67. The molecule has 7 heteroatoms. The van der Waals surface area contributed by atoms with Gasteiger partial charge in [0.1, 0.15) is 11.5 Å². The van der Waals surface area contributed by atoms with Crippen LogP contribution < -0.4 is 20.2 Å². The molecule has 1 aliphatic rings. The molecule has 0 radical (unpaired) electrons. The molecule has 0 aliphatic heterocycles. The van der Waals surface area contributed by atoms with E-state index in [-0.39, 0.29) is 6.04 Å². The predicted molar refractivity (Wildman–Crippen MR) is 85.7 cm³/mol. The molecular formula is C16H21N3O4. The van der Waals surface area contributed by atoms with E-state index in [9.17, 15) is 9.59 Å². The molecule has 0 heterocycles. The molecule has 124 valence electrons. The molecule has 0 atom stereocenters. The molecule has 0 aromatic heterocycles. The first kappa shape index (κ1) is 16.8. The van der Waals surface area contributed by atoms with Crippen LogP contribution in [0.25, 0.3) is 0 Å². The van der Waals surface area contributed by atoms with Gasteiger partial charge in [0.05, 0.1) is 19.4 Å². The van der Waals surface area contributed by atoms with E-state index >= 15 is 0 Å². The fourth-order valence-electron chi connectivity index (χ4n) is 1.85. The molecule has 7 nitrogen and oxygen atoms in total. The number of rotatable bonds is 7. The van der Waals surface area contributed by atoms with E-state index < -0.39 is 11.8 Å². The minimum Gasteiger partial charge on any atom is -0.494 e. The lowest BCUT2D eigenvalue weighted by Crippen LogP contribution is -2.38. The number of hydrazone groups is 1. The number of amides is 2. The molecule has 1 aromatic rings. The molecule has 0 bridgehead atoms. The van der Waals surface area contributed by atoms with E-state index in [2.05, 4.69) is 15.8 Å². The van der Waals surface area contributed by atoms with Gasteiger partial charge in [0.2, 0.25) is 0 Å². The minimum atomic E-state index is -0.781. The number of nitrogens with zero attached hydrogens (tertiary/aromatic N) is 1. The maximum atomic E-state index is 11.6. The summed E-state index contributed by atoms with van der Waals surface area (Å²) in [7, 11) is 0. The Balaban J connectivity index is 1.96. The second-order valence-corrected chi connectivity index (χ2v) is 5.01. The van der Waals surface area contributed by atoms with Crippen molar-refractivity contribution < 1.29 is 19.1 Å². The minimum absolute atomic E-state index is 0.132. The zero-order chi connectivity index (χ0) is 16.7. The zero-order valence-electron chi connectivity index (χ0n) is 13.3. The van der Waals surface area contributed by atoms with Crippen molar-refractivity contribution in [2.45, 2.75) is 32.7 Å². The van der Waals surface area contributed by atoms with Gasteiger partial charge in [-0.15, -0.1) is 0 Å². The van der Waals surface area contributed by atoms with Gasteiger partial charge in [-0.3, -0.25) is 9.59 Å². The number of ether oxygens (including phenoxy) is 2. The Morgan fingerprint density at radius 2 is 1.96 bits per heavy atom. The van der Waals surface area contributed by atoms with Crippen LogP contribution >= 0.6 is 0 Å². The summed E-state index contributed by atoms with van der Waals surface area (Å²) in [5.74, 6) is -0.154. The third-order valence-electron chi connectivity index (χ3n) is 3.08. The molecule has 0 spiro atoms. The van der Waals surface area contributed by atoms with Gasteiger partial charge < -0.3 is 14.8 Å². The monoisotopic (exact) mass is 319 g/mol. The molecule has 2 amide bonds. The Kier molecular flexibility index (Phi) is 5.96. The van der Waals surface area contributed by atoms with Crippen LogP contribution in [0.3, 0.4) is 0 Å². The lowest BCUT2D eigenvalue weighted by Gasteiger charge is -2.10. The van der Waals surface area contributed by atoms with Crippen LogP contribution in [0.1, 0.15) is 32.3 Å². The smallest absolute Gasteiger partial charge is 0.329 e. The highest BCUT2D eigenvalue weighted by atomic mass is 16.5. The largest absolute Gasteiger partial charge is 0.494 e. The molecule has 1 aromatic carbocycles. The zero-order valence-corrected chi connectivity index (χ0v) is 13.3. The summed E-state index contributed by atoms with van der Waals surface area (Å²) in [5.41, 5.74) is 2.88. The highest BCUT2D eigenvalue weighted by molar-refractivity contribution is 6.35. The fraction of sp³-hybridized carbons (Fsp3) is 0.438. The van der Waals surface area contributed by atoms with Crippen LogP contribution in [0.2, 0.25) is 0 Å². The van der Waals surface area contributed by atoms with E-state index in [1.165, 1.54) is 6.21 Å². The molecule has 1 saturated carbocycles. The molecule has 0 unspecified atom stereocenters. The highest BCUT2D eigenvalue weighted by Gasteiger charge is 2.26. The van der Waals surface area contributed by atoms with Crippen LogP contribution in [0.5, 0.6) is 11.5 Å². The summed E-state index contributed by atoms with van der Waals surface area (Å²) in [4.78, 5) is 23.0. The number of hydrogen-bond acceptors (Lipinski definition) is 5. The van der Waals surface area contributed by atoms with Crippen molar-refractivity contribution in [2.75, 3.05) is 13.2 Å². The Bertz CT molecular complexity index is 597. The third-order valence-corrected chi connectivity index (χ3v) is 3.08. The van der Waals surface area contributed by atoms with E-state index in [1.54, 1.807) is 18.2 Å². The summed E-state index contributed by atoms with van der Waals surface area (Å²) in [6, 6.07) is 5.45. The molecule has 1 fully saturated rings. The molecular weight excluding hydrogens is 298 g/mol. The maximum Gasteiger partial charge on any atom is 0.329 e. The first-order chi connectivity index (χ1) is 11.1. The van der Waals surface area contributed by atoms with Crippen LogP contribution in [0.4, 0.5) is 0 Å². The van der Waals surface area contributed by atoms with Gasteiger partial charge in [0.25, 0.3) is 0 Å². The Hall–Kier alpha value is -2.57. The van der Waals surface area contributed by atoms with Crippen molar-refractivity contribution in [3.63, 3.8) is 0 Å². The molecule has 2 N–H and O–H groups in total. The van der Waals surface area contributed by atoms with Crippen LogP contribution in [-0.2, 0) is 9.59 Å². The molecule has 23 heavy (non-hydrogen) atoms. The van der Waals surface area contributed by atoms with Crippen molar-refractivity contribution >= 4 is 18.0 Å². The van der Waals surface area contributed by atoms with Gasteiger partial charge in [-0.25, -0.2) is 5.43 Å². The number of nitrogens with one attached hydrogen (secondary N) is 2. The van der Waals surface area contributed by atoms with Crippen LogP contribution in [0, 0.1) is 0 Å². The van der Waals surface area contributed by atoms with Gasteiger partial charge >= 0.3 is 11.8 Å². The second kappa shape index (κ2) is 8.17. The Morgan fingerprint density at radius 1 is 1.22 bits per heavy atom.